The average molecular weight is 720 g/mol. The van der Waals surface area contributed by atoms with Crippen LogP contribution in [0.1, 0.15) is 0 Å². The molecule has 55 heavy (non-hydrogen) atoms. The summed E-state index contributed by atoms with van der Waals surface area (Å²) >= 11 is 1.86. The maximum absolute atomic E-state index is 6.78. The first-order chi connectivity index (χ1) is 27.3. The number of thiophene rings is 1. The first-order valence-corrected chi connectivity index (χ1v) is 19.5. The van der Waals surface area contributed by atoms with E-state index >= 15 is 0 Å². The number of nitrogens with zero attached hydrogens (tertiary/aromatic N) is 1. The van der Waals surface area contributed by atoms with Crippen molar-refractivity contribution in [1.82, 2.24) is 0 Å². The molecule has 0 amide bonds. The van der Waals surface area contributed by atoms with Crippen molar-refractivity contribution in [2.75, 3.05) is 4.90 Å². The molecule has 0 saturated heterocycles. The van der Waals surface area contributed by atoms with Crippen molar-refractivity contribution in [2.45, 2.75) is 0 Å². The van der Waals surface area contributed by atoms with E-state index in [0.717, 1.165) is 50.1 Å². The zero-order valence-corrected chi connectivity index (χ0v) is 30.6. The molecule has 0 fully saturated rings. The van der Waals surface area contributed by atoms with Crippen LogP contribution in [-0.2, 0) is 0 Å². The van der Waals surface area contributed by atoms with E-state index in [1.165, 1.54) is 53.2 Å². The van der Waals surface area contributed by atoms with Gasteiger partial charge in [0.1, 0.15) is 11.2 Å². The molecule has 258 valence electrons. The number of hydrogen-bond donors (Lipinski definition) is 0. The summed E-state index contributed by atoms with van der Waals surface area (Å²) in [6, 6.07) is 72.0. The largest absolute Gasteiger partial charge is 0.455 e. The Balaban J connectivity index is 1.13. The Labute approximate surface area is 322 Å². The predicted octanol–water partition coefficient (Wildman–Crippen LogP) is 15.6. The molecule has 0 saturated carbocycles. The van der Waals surface area contributed by atoms with Gasteiger partial charge < -0.3 is 9.32 Å². The van der Waals surface area contributed by atoms with Gasteiger partial charge in [-0.25, -0.2) is 0 Å². The van der Waals surface area contributed by atoms with E-state index in [1.54, 1.807) is 0 Å². The number of furan rings is 1. The fourth-order valence-electron chi connectivity index (χ4n) is 8.28. The molecule has 11 aromatic rings. The smallest absolute Gasteiger partial charge is 0.143 e. The normalized spacial score (nSPS) is 11.6. The fraction of sp³-hybridized carbons (Fsp3) is 0. The first-order valence-electron chi connectivity index (χ1n) is 18.7. The molecule has 0 aliphatic rings. The zero-order chi connectivity index (χ0) is 36.3. The molecule has 0 aliphatic carbocycles. The lowest BCUT2D eigenvalue weighted by molar-refractivity contribution is 0.670. The topological polar surface area (TPSA) is 16.4 Å². The number of fused-ring (bicyclic) bond motifs is 8. The van der Waals surface area contributed by atoms with Crippen LogP contribution >= 0.6 is 11.3 Å². The summed E-state index contributed by atoms with van der Waals surface area (Å²) < 4.78 is 9.33. The van der Waals surface area contributed by atoms with E-state index in [1.807, 2.05) is 11.3 Å². The molecule has 0 unspecified atom stereocenters. The summed E-state index contributed by atoms with van der Waals surface area (Å²) in [5.41, 5.74) is 12.2. The second-order valence-electron chi connectivity index (χ2n) is 14.1. The van der Waals surface area contributed by atoms with Crippen molar-refractivity contribution in [1.29, 1.82) is 0 Å². The SMILES string of the molecule is c1ccc(-c2ccc(N(c3ccc4c(c3)sc3cccc(-c5ccccc5)c34)c3ccc4oc5c(-c6ccccc6)cc6ccccc6c5c4c3)cc2)cc1. The summed E-state index contributed by atoms with van der Waals surface area (Å²) in [6.45, 7) is 0. The summed E-state index contributed by atoms with van der Waals surface area (Å²) in [5, 5.41) is 7.21. The molecule has 11 rings (SSSR count). The van der Waals surface area contributed by atoms with E-state index in [9.17, 15) is 0 Å². The minimum atomic E-state index is 0.875. The van der Waals surface area contributed by atoms with Gasteiger partial charge in [-0.15, -0.1) is 11.3 Å². The zero-order valence-electron chi connectivity index (χ0n) is 29.8. The Morgan fingerprint density at radius 2 is 0.982 bits per heavy atom. The van der Waals surface area contributed by atoms with Crippen LogP contribution in [0.25, 0.3) is 86.3 Å². The number of anilines is 3. The third kappa shape index (κ3) is 5.32. The minimum Gasteiger partial charge on any atom is -0.455 e. The molecule has 9 aromatic carbocycles. The highest BCUT2D eigenvalue weighted by atomic mass is 32.1. The third-order valence-corrected chi connectivity index (χ3v) is 12.0. The minimum absolute atomic E-state index is 0.875. The van der Waals surface area contributed by atoms with Gasteiger partial charge in [0.15, 0.2) is 0 Å². The van der Waals surface area contributed by atoms with Gasteiger partial charge in [0.05, 0.1) is 0 Å². The van der Waals surface area contributed by atoms with Crippen molar-refractivity contribution in [2.24, 2.45) is 0 Å². The maximum Gasteiger partial charge on any atom is 0.143 e. The number of benzene rings is 9. The molecule has 3 heteroatoms. The van der Waals surface area contributed by atoms with Crippen molar-refractivity contribution in [3.05, 3.63) is 200 Å². The van der Waals surface area contributed by atoms with Crippen molar-refractivity contribution >= 4 is 81.3 Å². The predicted molar refractivity (Wildman–Crippen MR) is 235 cm³/mol. The molecular formula is C52H33NOS. The molecule has 2 nitrogen and oxygen atoms in total. The molecule has 0 spiro atoms. The van der Waals surface area contributed by atoms with Gasteiger partial charge >= 0.3 is 0 Å². The Morgan fingerprint density at radius 3 is 1.75 bits per heavy atom. The van der Waals surface area contributed by atoms with Crippen LogP contribution in [0.4, 0.5) is 17.1 Å². The van der Waals surface area contributed by atoms with Gasteiger partial charge in [-0.2, -0.15) is 0 Å². The van der Waals surface area contributed by atoms with Crippen LogP contribution in [-0.4, -0.2) is 0 Å². The van der Waals surface area contributed by atoms with Crippen LogP contribution in [0.3, 0.4) is 0 Å². The summed E-state index contributed by atoms with van der Waals surface area (Å²) in [4.78, 5) is 2.39. The Bertz CT molecular complexity index is 3180. The fourth-order valence-corrected chi connectivity index (χ4v) is 9.44. The quantitative estimate of drug-likeness (QED) is 0.170. The van der Waals surface area contributed by atoms with Gasteiger partial charge in [-0.1, -0.05) is 146 Å². The second-order valence-corrected chi connectivity index (χ2v) is 15.2. The Hall–Kier alpha value is -6.94. The van der Waals surface area contributed by atoms with Crippen LogP contribution in [0.15, 0.2) is 205 Å². The van der Waals surface area contributed by atoms with E-state index < -0.39 is 0 Å². The highest BCUT2D eigenvalue weighted by molar-refractivity contribution is 7.26. The lowest BCUT2D eigenvalue weighted by Crippen LogP contribution is -2.09. The molecule has 0 aliphatic heterocycles. The molecular weight excluding hydrogens is 687 g/mol. The van der Waals surface area contributed by atoms with Crippen LogP contribution in [0, 0.1) is 0 Å². The molecule has 0 N–H and O–H groups in total. The van der Waals surface area contributed by atoms with Crippen molar-refractivity contribution < 1.29 is 4.42 Å². The Morgan fingerprint density at radius 1 is 0.364 bits per heavy atom. The summed E-state index contributed by atoms with van der Waals surface area (Å²) in [7, 11) is 0. The van der Waals surface area contributed by atoms with Gasteiger partial charge in [0, 0.05) is 53.6 Å². The lowest BCUT2D eigenvalue weighted by Gasteiger charge is -2.26. The molecule has 0 radical (unpaired) electrons. The highest BCUT2D eigenvalue weighted by Gasteiger charge is 2.21. The van der Waals surface area contributed by atoms with E-state index in [4.69, 9.17) is 4.42 Å². The third-order valence-electron chi connectivity index (χ3n) is 10.8. The highest BCUT2D eigenvalue weighted by Crippen LogP contribution is 2.46. The lowest BCUT2D eigenvalue weighted by atomic mass is 9.96. The van der Waals surface area contributed by atoms with Crippen LogP contribution in [0.5, 0.6) is 0 Å². The maximum atomic E-state index is 6.78. The van der Waals surface area contributed by atoms with Gasteiger partial charge in [-0.3, -0.25) is 0 Å². The van der Waals surface area contributed by atoms with Crippen molar-refractivity contribution in [3.8, 4) is 33.4 Å². The van der Waals surface area contributed by atoms with Gasteiger partial charge in [0.25, 0.3) is 0 Å². The van der Waals surface area contributed by atoms with Crippen molar-refractivity contribution in [3.63, 3.8) is 0 Å². The average Bonchev–Trinajstić information content (AvgIpc) is 3.83. The standard InChI is InChI=1S/C52H33NOS/c1-4-13-34(14-5-1)35-23-25-39(26-24-35)53(41-27-29-44-49(33-41)55-48-22-12-21-42(50(44)48)36-15-6-2-7-16-36)40-28-30-47-46(32-40)51-43-20-11-10-19-38(43)31-45(52(51)54-47)37-17-8-3-9-18-37/h1-33H. The molecule has 2 heterocycles. The van der Waals surface area contributed by atoms with Gasteiger partial charge in [0.2, 0.25) is 0 Å². The Kier molecular flexibility index (Phi) is 7.39. The van der Waals surface area contributed by atoms with Crippen LogP contribution in [0.2, 0.25) is 0 Å². The summed E-state index contributed by atoms with van der Waals surface area (Å²) in [5.74, 6) is 0. The molecule has 0 atom stereocenters. The second kappa shape index (κ2) is 12.9. The van der Waals surface area contributed by atoms with Gasteiger partial charge in [-0.05, 0) is 93.2 Å². The monoisotopic (exact) mass is 719 g/mol. The molecule has 2 aromatic heterocycles. The van der Waals surface area contributed by atoms with E-state index in [0.29, 0.717) is 0 Å². The first kappa shape index (κ1) is 31.6. The van der Waals surface area contributed by atoms with E-state index in [-0.39, 0.29) is 0 Å². The van der Waals surface area contributed by atoms with Crippen LogP contribution < -0.4 is 4.90 Å². The molecule has 0 bridgehead atoms. The van der Waals surface area contributed by atoms with E-state index in [2.05, 4.69) is 205 Å². The number of hydrogen-bond acceptors (Lipinski definition) is 3. The summed E-state index contributed by atoms with van der Waals surface area (Å²) in [6.07, 6.45) is 0. The number of rotatable bonds is 6.